The van der Waals surface area contributed by atoms with E-state index in [-0.39, 0.29) is 31.5 Å². The largest absolute Gasteiger partial charge is 0.479 e. The van der Waals surface area contributed by atoms with Crippen LogP contribution in [0.1, 0.15) is 19.8 Å². The van der Waals surface area contributed by atoms with Gasteiger partial charge in [0.15, 0.2) is 6.10 Å². The fraction of sp³-hybridized carbons (Fsp3) is 0.818. The van der Waals surface area contributed by atoms with Gasteiger partial charge in [-0.15, -0.1) is 0 Å². The van der Waals surface area contributed by atoms with Gasteiger partial charge in [0.25, 0.3) is 0 Å². The smallest absolute Gasteiger partial charge is 0.332 e. The highest BCUT2D eigenvalue weighted by Crippen LogP contribution is 2.16. The number of urea groups is 1. The fourth-order valence-corrected chi connectivity index (χ4v) is 1.78. The Bertz CT molecular complexity index is 310. The monoisotopic (exact) mass is 260 g/mol. The van der Waals surface area contributed by atoms with Gasteiger partial charge >= 0.3 is 12.0 Å². The summed E-state index contributed by atoms with van der Waals surface area (Å²) in [5.74, 6) is -1.12. The lowest BCUT2D eigenvalue weighted by molar-refractivity contribution is -0.146. The first-order valence-electron chi connectivity index (χ1n) is 6.03. The summed E-state index contributed by atoms with van der Waals surface area (Å²) in [5.41, 5.74) is 0. The maximum absolute atomic E-state index is 11.7. The van der Waals surface area contributed by atoms with Crippen LogP contribution >= 0.6 is 0 Å². The molecule has 1 saturated heterocycles. The Morgan fingerprint density at radius 2 is 2.17 bits per heavy atom. The van der Waals surface area contributed by atoms with Gasteiger partial charge in [0.05, 0.1) is 6.10 Å². The molecule has 0 saturated carbocycles. The Labute approximate surface area is 105 Å². The Morgan fingerprint density at radius 3 is 2.72 bits per heavy atom. The van der Waals surface area contributed by atoms with Crippen molar-refractivity contribution in [3.05, 3.63) is 0 Å². The number of β-amino-alcohol motifs (C(OH)–C–C–N with tert-alkyl or cyclic N) is 1. The van der Waals surface area contributed by atoms with Crippen molar-refractivity contribution in [2.24, 2.45) is 5.92 Å². The molecule has 2 unspecified atom stereocenters. The van der Waals surface area contributed by atoms with Crippen molar-refractivity contribution in [2.75, 3.05) is 19.6 Å². The molecule has 1 rings (SSSR count). The number of carbonyl (C=O) groups is 2. The lowest BCUT2D eigenvalue weighted by Crippen LogP contribution is -2.50. The van der Waals surface area contributed by atoms with E-state index in [1.807, 2.05) is 6.92 Å². The maximum Gasteiger partial charge on any atom is 0.332 e. The number of carboxylic acid groups (broad SMARTS) is 1. The summed E-state index contributed by atoms with van der Waals surface area (Å²) in [6.45, 7) is 2.89. The number of hydrogen-bond acceptors (Lipinski definition) is 4. The number of aliphatic hydroxyl groups is 2. The number of aliphatic hydroxyl groups excluding tert-OH is 2. The second-order valence-electron chi connectivity index (χ2n) is 4.65. The van der Waals surface area contributed by atoms with Gasteiger partial charge in [-0.1, -0.05) is 6.92 Å². The van der Waals surface area contributed by atoms with Crippen molar-refractivity contribution in [3.63, 3.8) is 0 Å². The molecule has 0 radical (unpaired) electrons. The standard InChI is InChI=1S/C11H20N2O5/c1-7-3-5-13(6-9(7)15)11(18)12-4-2-8(14)10(16)17/h7-9,14-15H,2-6H2,1H3,(H,12,18)(H,16,17)/t7?,8-,9?/m0/s1. The average Bonchev–Trinajstić information content (AvgIpc) is 2.32. The molecule has 18 heavy (non-hydrogen) atoms. The molecule has 0 spiro atoms. The molecule has 104 valence electrons. The van der Waals surface area contributed by atoms with Crippen molar-refractivity contribution in [3.8, 4) is 0 Å². The first kappa shape index (κ1) is 14.7. The molecule has 1 fully saturated rings. The molecule has 2 amide bonds. The van der Waals surface area contributed by atoms with Crippen molar-refractivity contribution in [1.82, 2.24) is 10.2 Å². The number of rotatable bonds is 4. The molecule has 1 aliphatic heterocycles. The molecule has 3 atom stereocenters. The van der Waals surface area contributed by atoms with E-state index in [0.717, 1.165) is 6.42 Å². The van der Waals surface area contributed by atoms with E-state index in [1.54, 1.807) is 0 Å². The van der Waals surface area contributed by atoms with Gasteiger partial charge in [-0.3, -0.25) is 0 Å². The molecule has 7 heteroatoms. The highest BCUT2D eigenvalue weighted by molar-refractivity contribution is 5.74. The number of nitrogens with one attached hydrogen (secondary N) is 1. The Balaban J connectivity index is 2.27. The minimum absolute atomic E-state index is 0.0339. The third-order valence-electron chi connectivity index (χ3n) is 3.18. The fourth-order valence-electron chi connectivity index (χ4n) is 1.78. The third-order valence-corrected chi connectivity index (χ3v) is 3.18. The number of amides is 2. The van der Waals surface area contributed by atoms with Crippen LogP contribution in [-0.4, -0.2) is 64.1 Å². The van der Waals surface area contributed by atoms with Crippen LogP contribution in [0.15, 0.2) is 0 Å². The predicted octanol–water partition coefficient (Wildman–Crippen LogP) is -0.766. The molecular formula is C11H20N2O5. The minimum atomic E-state index is -1.46. The van der Waals surface area contributed by atoms with Crippen molar-refractivity contribution in [2.45, 2.75) is 32.0 Å². The van der Waals surface area contributed by atoms with Crippen molar-refractivity contribution < 1.29 is 24.9 Å². The van der Waals surface area contributed by atoms with Crippen LogP contribution < -0.4 is 5.32 Å². The predicted molar refractivity (Wildman–Crippen MR) is 63.0 cm³/mol. The number of aliphatic carboxylic acids is 1. The second kappa shape index (κ2) is 6.55. The summed E-state index contributed by atoms with van der Waals surface area (Å²) < 4.78 is 0. The zero-order valence-corrected chi connectivity index (χ0v) is 10.4. The summed E-state index contributed by atoms with van der Waals surface area (Å²) in [7, 11) is 0. The maximum atomic E-state index is 11.7. The highest BCUT2D eigenvalue weighted by Gasteiger charge is 2.27. The van der Waals surface area contributed by atoms with Crippen LogP contribution in [0.4, 0.5) is 4.79 Å². The van der Waals surface area contributed by atoms with Crippen LogP contribution in [0.3, 0.4) is 0 Å². The molecule has 1 aliphatic rings. The molecular weight excluding hydrogens is 240 g/mol. The van der Waals surface area contributed by atoms with Crippen molar-refractivity contribution >= 4 is 12.0 Å². The Morgan fingerprint density at radius 1 is 1.50 bits per heavy atom. The highest BCUT2D eigenvalue weighted by atomic mass is 16.4. The quantitative estimate of drug-likeness (QED) is 0.531. The normalized spacial score (nSPS) is 25.6. The first-order valence-corrected chi connectivity index (χ1v) is 6.03. The van der Waals surface area contributed by atoms with Crippen LogP contribution in [0.2, 0.25) is 0 Å². The summed E-state index contributed by atoms with van der Waals surface area (Å²) in [6, 6.07) is -0.335. The molecule has 1 heterocycles. The van der Waals surface area contributed by atoms with E-state index in [4.69, 9.17) is 10.2 Å². The molecule has 0 aliphatic carbocycles. The summed E-state index contributed by atoms with van der Waals surface area (Å²) >= 11 is 0. The van der Waals surface area contributed by atoms with Gasteiger partial charge in [-0.2, -0.15) is 0 Å². The first-order chi connectivity index (χ1) is 8.41. The Kier molecular flexibility index (Phi) is 5.36. The van der Waals surface area contributed by atoms with E-state index in [0.29, 0.717) is 6.54 Å². The lowest BCUT2D eigenvalue weighted by atomic mass is 9.96. The van der Waals surface area contributed by atoms with E-state index in [1.165, 1.54) is 4.90 Å². The molecule has 4 N–H and O–H groups in total. The van der Waals surface area contributed by atoms with Gasteiger partial charge in [0.2, 0.25) is 0 Å². The number of carbonyl (C=O) groups excluding carboxylic acids is 1. The van der Waals surface area contributed by atoms with Crippen LogP contribution in [0.5, 0.6) is 0 Å². The van der Waals surface area contributed by atoms with Crippen LogP contribution in [0, 0.1) is 5.92 Å². The summed E-state index contributed by atoms with van der Waals surface area (Å²) in [6.07, 6.45) is -1.27. The van der Waals surface area contributed by atoms with Crippen LogP contribution in [-0.2, 0) is 4.79 Å². The third kappa shape index (κ3) is 4.15. The molecule has 0 bridgehead atoms. The SMILES string of the molecule is CC1CCN(C(=O)NCC[C@H](O)C(=O)O)CC1O. The lowest BCUT2D eigenvalue weighted by Gasteiger charge is -2.34. The van der Waals surface area contributed by atoms with E-state index in [2.05, 4.69) is 5.32 Å². The molecule has 0 aromatic carbocycles. The van der Waals surface area contributed by atoms with E-state index in [9.17, 15) is 14.7 Å². The number of carboxylic acids is 1. The number of likely N-dealkylation sites (tertiary alicyclic amines) is 1. The minimum Gasteiger partial charge on any atom is -0.479 e. The summed E-state index contributed by atoms with van der Waals surface area (Å²) in [4.78, 5) is 23.5. The van der Waals surface area contributed by atoms with Gasteiger partial charge in [0, 0.05) is 26.1 Å². The van der Waals surface area contributed by atoms with Crippen LogP contribution in [0.25, 0.3) is 0 Å². The molecule has 0 aromatic heterocycles. The number of piperidine rings is 1. The van der Waals surface area contributed by atoms with E-state index < -0.39 is 18.2 Å². The van der Waals surface area contributed by atoms with E-state index >= 15 is 0 Å². The zero-order chi connectivity index (χ0) is 13.7. The van der Waals surface area contributed by atoms with Crippen molar-refractivity contribution in [1.29, 1.82) is 0 Å². The second-order valence-corrected chi connectivity index (χ2v) is 4.65. The Hall–Kier alpha value is -1.34. The van der Waals surface area contributed by atoms with Gasteiger partial charge in [-0.05, 0) is 12.3 Å². The number of hydrogen-bond donors (Lipinski definition) is 4. The molecule has 0 aromatic rings. The van der Waals surface area contributed by atoms with Gasteiger partial charge in [0.1, 0.15) is 0 Å². The number of nitrogens with zero attached hydrogens (tertiary/aromatic N) is 1. The topological polar surface area (TPSA) is 110 Å². The summed E-state index contributed by atoms with van der Waals surface area (Å²) in [5, 5.41) is 29.6. The van der Waals surface area contributed by atoms with Gasteiger partial charge < -0.3 is 25.5 Å². The molecule has 7 nitrogen and oxygen atoms in total. The zero-order valence-electron chi connectivity index (χ0n) is 10.4. The van der Waals surface area contributed by atoms with Gasteiger partial charge in [-0.25, -0.2) is 9.59 Å². The average molecular weight is 260 g/mol.